The minimum Gasteiger partial charge on any atom is -0.394 e. The Morgan fingerprint density at radius 3 is 0.761 bits per heavy atom. The molecule has 31 atom stereocenters. The molecule has 134 heavy (non-hydrogen) atoms. The molecule has 0 aliphatic rings. The van der Waals surface area contributed by atoms with Crippen molar-refractivity contribution in [1.82, 2.24) is 50.2 Å². The first-order valence-electron chi connectivity index (χ1n) is 42.6. The number of Topliss-reactive ketones (excluding diaryl/α,β-unsaturated/α-hetero) is 2. The van der Waals surface area contributed by atoms with Crippen LogP contribution >= 0.6 is 0 Å². The lowest BCUT2D eigenvalue weighted by atomic mass is 10.0. The summed E-state index contributed by atoms with van der Waals surface area (Å²) in [5, 5.41) is 397. The van der Waals surface area contributed by atoms with E-state index in [-0.39, 0.29) is 61.6 Å². The molecule has 58 nitrogen and oxygen atoms in total. The van der Waals surface area contributed by atoms with Gasteiger partial charge in [-0.2, -0.15) is 0 Å². The maximum atomic E-state index is 13.8. The lowest BCUT2D eigenvalue weighted by Gasteiger charge is -2.33. The molecule has 0 radical (unpaired) electrons. The van der Waals surface area contributed by atoms with Crippen LogP contribution in [-0.4, -0.2) is 603 Å². The van der Waals surface area contributed by atoms with Crippen molar-refractivity contribution in [3.05, 3.63) is 22.8 Å². The third kappa shape index (κ3) is 39.3. The number of amides is 4. The zero-order valence-electron chi connectivity index (χ0n) is 74.3. The van der Waals surface area contributed by atoms with Crippen LogP contribution in [0.4, 0.5) is 23.3 Å². The lowest BCUT2D eigenvalue weighted by molar-refractivity contribution is -0.147. The van der Waals surface area contributed by atoms with Crippen molar-refractivity contribution < 1.29 is 223 Å². The number of nitrogens with zero attached hydrogens (tertiary/aromatic N) is 8. The average molecular weight is 1960 g/mol. The van der Waals surface area contributed by atoms with Crippen molar-refractivity contribution in [2.45, 2.75) is 250 Å². The van der Waals surface area contributed by atoms with Gasteiger partial charge in [-0.05, 0) is 34.1 Å². The maximum Gasteiger partial charge on any atom is 0.274 e. The van der Waals surface area contributed by atoms with E-state index in [2.05, 4.69) is 51.8 Å². The maximum absolute atomic E-state index is 13.8. The fraction of sp³-hybridized carbons (Fsp3) is 0.816. The second-order valence-corrected chi connectivity index (χ2v) is 31.3. The molecule has 0 spiro atoms. The van der Waals surface area contributed by atoms with Crippen LogP contribution in [0.15, 0.2) is 0 Å². The number of anilines is 4. The molecule has 44 N–H and O–H groups in total. The standard InChI is InChI=1S/C39H71N7O22.C37H71N7O22/c1-4-17(50)31(62)32(63)20(53)11-45(10-19(52)30(61)23(56)14-47)26(59)8-7-18(51)28-37(40-5-2)44-29(38(43-28)41-6-3)39(68)42-9-27(60)46(12-21(54)33(64)35(66)24(57)15-48)13-22(55)34(65)36(67)25(58)16-49;1-3-38-35-25(16(49)5-6-43(7-17(50)27(58)31(62)21(54)11-45)8-18(51)28(59)32(63)22(55)12-46)41-36(39-4-2)26(42-35)37(66)40-15-44(9-19(52)29(60)33(64)23(56)13-47)10-20(53)30(61)34(65)24(57)14-48/h17,19-25,30-36,47-50,52-58,61-67H,4-16H2,1-3H3,(H,40,44)(H,41,43)(H,42,68);17-24,27-34,45-48,50-65H,3-15H2,1-2H3,(H,38,42)(H,39,41)(H,40,66). The summed E-state index contributed by atoms with van der Waals surface area (Å²) in [6, 6.07) is 0. The number of hydrogen-bond acceptors (Lipinski definition) is 54. The molecule has 2 rings (SSSR count). The van der Waals surface area contributed by atoms with E-state index in [1.807, 2.05) is 0 Å². The normalized spacial score (nSPS) is 19.0. The van der Waals surface area contributed by atoms with Crippen molar-refractivity contribution in [3.8, 4) is 0 Å². The van der Waals surface area contributed by atoms with E-state index >= 15 is 0 Å². The van der Waals surface area contributed by atoms with E-state index in [1.54, 1.807) is 27.7 Å². The fourth-order valence-corrected chi connectivity index (χ4v) is 12.5. The van der Waals surface area contributed by atoms with Gasteiger partial charge in [0, 0.05) is 104 Å². The third-order valence-corrected chi connectivity index (χ3v) is 20.8. The summed E-state index contributed by atoms with van der Waals surface area (Å²) < 4.78 is 0. The number of aliphatic hydroxyl groups excluding tert-OH is 38. The molecule has 58 heteroatoms. The number of rotatable bonds is 69. The molecule has 0 fully saturated rings. The van der Waals surface area contributed by atoms with E-state index in [0.29, 0.717) is 9.80 Å². The van der Waals surface area contributed by atoms with E-state index in [4.69, 9.17) is 30.6 Å². The molecule has 4 amide bonds. The molecular formula is C76H142N14O44. The van der Waals surface area contributed by atoms with Crippen molar-refractivity contribution in [1.29, 1.82) is 0 Å². The minimum absolute atomic E-state index is 0.0316. The molecular weight excluding hydrogens is 1810 g/mol. The smallest absolute Gasteiger partial charge is 0.274 e. The van der Waals surface area contributed by atoms with Crippen LogP contribution in [0, 0.1) is 0 Å². The first-order chi connectivity index (χ1) is 62.8. The van der Waals surface area contributed by atoms with Crippen molar-refractivity contribution >= 4 is 58.5 Å². The van der Waals surface area contributed by atoms with Gasteiger partial charge in [-0.3, -0.25) is 38.6 Å². The molecule has 0 aliphatic carbocycles. The first-order valence-corrected chi connectivity index (χ1v) is 42.6. The Bertz CT molecular complexity index is 3500. The molecule has 31 unspecified atom stereocenters. The molecule has 2 aromatic heterocycles. The zero-order chi connectivity index (χ0) is 103. The molecule has 2 aromatic rings. The van der Waals surface area contributed by atoms with Crippen LogP contribution in [0.2, 0.25) is 0 Å². The van der Waals surface area contributed by atoms with Crippen molar-refractivity contribution in [2.24, 2.45) is 0 Å². The molecule has 0 bridgehead atoms. The Labute approximate surface area is 767 Å². The number of hydrogen-bond donors (Lipinski definition) is 44. The first kappa shape index (κ1) is 125. The van der Waals surface area contributed by atoms with Gasteiger partial charge in [0.25, 0.3) is 11.8 Å². The summed E-state index contributed by atoms with van der Waals surface area (Å²) >= 11 is 0. The summed E-state index contributed by atoms with van der Waals surface area (Å²) in [4.78, 5) is 102. The number of carbonyl (C=O) groups is 6. The topological polar surface area (TPSA) is 1010 Å². The van der Waals surface area contributed by atoms with Gasteiger partial charge in [0.1, 0.15) is 159 Å². The quantitative estimate of drug-likeness (QED) is 0.0216. The Morgan fingerprint density at radius 2 is 0.478 bits per heavy atom. The van der Waals surface area contributed by atoms with Gasteiger partial charge in [0.15, 0.2) is 57.6 Å². The molecule has 2 heterocycles. The van der Waals surface area contributed by atoms with Crippen LogP contribution in [0.25, 0.3) is 0 Å². The highest BCUT2D eigenvalue weighted by atomic mass is 16.4. The van der Waals surface area contributed by atoms with Gasteiger partial charge in [0.2, 0.25) is 11.8 Å². The number of aromatic nitrogens is 4. The molecule has 0 aliphatic heterocycles. The van der Waals surface area contributed by atoms with Crippen LogP contribution < -0.4 is 31.9 Å². The number of aliphatic hydroxyl groups is 38. The van der Waals surface area contributed by atoms with Crippen LogP contribution in [0.3, 0.4) is 0 Å². The van der Waals surface area contributed by atoms with Gasteiger partial charge < -0.3 is 236 Å². The monoisotopic (exact) mass is 1950 g/mol. The second kappa shape index (κ2) is 63.5. The minimum atomic E-state index is -2.22. The van der Waals surface area contributed by atoms with Gasteiger partial charge in [0.05, 0.1) is 90.0 Å². The van der Waals surface area contributed by atoms with E-state index < -0.39 is 379 Å². The van der Waals surface area contributed by atoms with E-state index in [1.165, 1.54) is 6.92 Å². The van der Waals surface area contributed by atoms with Gasteiger partial charge >= 0.3 is 0 Å². The Morgan fingerprint density at radius 1 is 0.254 bits per heavy atom. The van der Waals surface area contributed by atoms with Gasteiger partial charge in [-0.25, -0.2) is 19.9 Å². The Kier molecular flexibility index (Phi) is 59.3. The van der Waals surface area contributed by atoms with Gasteiger partial charge in [-0.1, -0.05) is 6.92 Å². The van der Waals surface area contributed by atoms with Crippen LogP contribution in [0.5, 0.6) is 0 Å². The van der Waals surface area contributed by atoms with Crippen LogP contribution in [-0.2, 0) is 9.59 Å². The SMILES string of the molecule is CCNc1nc(C(=O)NCC(=O)N(CC(O)C(O)C(O)C(O)CO)CC(O)C(O)C(O)C(O)CO)c(NCC)nc1C(=O)CCC(=O)N(CC(O)C(O)C(O)CO)CC(O)C(O)C(O)C(O)CC.CCNc1nc(C(=O)NCN(CC(O)C(O)C(O)C(O)CO)CC(O)C(O)C(O)C(O)CO)c(NCC)nc1C(=O)CCN(CC(O)C(O)C(O)C(O)CO)CC(O)C(O)C(O)C(O)CO. The van der Waals surface area contributed by atoms with Crippen molar-refractivity contribution in [2.75, 3.05) is 166 Å². The molecule has 0 saturated heterocycles. The predicted molar refractivity (Wildman–Crippen MR) is 455 cm³/mol. The predicted octanol–water partition coefficient (Wildman–Crippen LogP) is -22.6. The molecule has 0 aromatic carbocycles. The summed E-state index contributed by atoms with van der Waals surface area (Å²) in [5.41, 5.74) is -1.75. The summed E-state index contributed by atoms with van der Waals surface area (Å²) in [7, 11) is 0. The zero-order valence-corrected chi connectivity index (χ0v) is 74.3. The highest BCUT2D eigenvalue weighted by Gasteiger charge is 2.42. The number of ketones is 2. The Hall–Kier alpha value is -7.02. The number of nitrogens with one attached hydrogen (secondary N) is 6. The lowest BCUT2D eigenvalue weighted by Crippen LogP contribution is -2.55. The summed E-state index contributed by atoms with van der Waals surface area (Å²) in [6.07, 6.45) is -64.1. The Balaban J connectivity index is 0.00000134. The highest BCUT2D eigenvalue weighted by Crippen LogP contribution is 2.26. The third-order valence-electron chi connectivity index (χ3n) is 20.8. The van der Waals surface area contributed by atoms with E-state index in [9.17, 15) is 192 Å². The molecule has 780 valence electrons. The van der Waals surface area contributed by atoms with E-state index in [0.717, 1.165) is 9.80 Å². The number of carbonyl (C=O) groups excluding carboxylic acids is 6. The fourth-order valence-electron chi connectivity index (χ4n) is 12.5. The largest absolute Gasteiger partial charge is 0.394 e. The highest BCUT2D eigenvalue weighted by molar-refractivity contribution is 6.04. The summed E-state index contributed by atoms with van der Waals surface area (Å²) in [6.45, 7) is -7.51. The average Bonchev–Trinajstić information content (AvgIpc) is 0.799. The summed E-state index contributed by atoms with van der Waals surface area (Å²) in [5.74, 6) is -7.12. The van der Waals surface area contributed by atoms with Crippen molar-refractivity contribution in [3.63, 3.8) is 0 Å². The second-order valence-electron chi connectivity index (χ2n) is 31.3. The molecule has 0 saturated carbocycles. The van der Waals surface area contributed by atoms with Crippen LogP contribution in [0.1, 0.15) is 102 Å². The van der Waals surface area contributed by atoms with Gasteiger partial charge in [-0.15, -0.1) is 0 Å².